The molecule has 128 valence electrons. The number of aliphatic hydroxyl groups excluding tert-OH is 1. The maximum Gasteiger partial charge on any atom is 0.257 e. The molecule has 3 rings (SSSR count). The zero-order chi connectivity index (χ0) is 17.1. The zero-order valence-corrected chi connectivity index (χ0v) is 14.4. The van der Waals surface area contributed by atoms with Crippen molar-refractivity contribution < 1.29 is 9.90 Å². The minimum Gasteiger partial charge on any atom is -0.395 e. The summed E-state index contributed by atoms with van der Waals surface area (Å²) in [5.41, 5.74) is 2.26. The summed E-state index contributed by atoms with van der Waals surface area (Å²) < 4.78 is 1.74. The number of rotatable bonds is 4. The Morgan fingerprint density at radius 1 is 1.29 bits per heavy atom. The fraction of sp³-hybridized carbons (Fsp3) is 0.412. The molecular formula is C17H21ClN4O2. The van der Waals surface area contributed by atoms with E-state index < -0.39 is 0 Å². The van der Waals surface area contributed by atoms with Crippen molar-refractivity contribution >= 4 is 17.5 Å². The van der Waals surface area contributed by atoms with Crippen molar-refractivity contribution in [3.8, 4) is 5.69 Å². The minimum absolute atomic E-state index is 0.00410. The van der Waals surface area contributed by atoms with E-state index in [2.05, 4.69) is 10.00 Å². The summed E-state index contributed by atoms with van der Waals surface area (Å²) in [5, 5.41) is 14.0. The third kappa shape index (κ3) is 3.45. The number of piperazine rings is 1. The molecule has 1 aliphatic heterocycles. The topological polar surface area (TPSA) is 61.6 Å². The van der Waals surface area contributed by atoms with Crippen LogP contribution in [0.5, 0.6) is 0 Å². The van der Waals surface area contributed by atoms with Gasteiger partial charge in [0.1, 0.15) is 0 Å². The van der Waals surface area contributed by atoms with Crippen molar-refractivity contribution in [2.24, 2.45) is 0 Å². The molecule has 6 nitrogen and oxygen atoms in total. The first-order valence-electron chi connectivity index (χ1n) is 8.03. The molecule has 1 saturated heterocycles. The van der Waals surface area contributed by atoms with E-state index in [0.29, 0.717) is 30.2 Å². The van der Waals surface area contributed by atoms with E-state index in [-0.39, 0.29) is 12.5 Å². The maximum atomic E-state index is 12.8. The van der Waals surface area contributed by atoms with Gasteiger partial charge >= 0.3 is 0 Å². The van der Waals surface area contributed by atoms with Crippen molar-refractivity contribution in [3.05, 3.63) is 46.7 Å². The number of amides is 1. The number of carbonyl (C=O) groups excluding carboxylic acids is 1. The summed E-state index contributed by atoms with van der Waals surface area (Å²) in [6.07, 6.45) is 1.62. The van der Waals surface area contributed by atoms with Crippen LogP contribution in [0.15, 0.2) is 30.5 Å². The van der Waals surface area contributed by atoms with E-state index in [1.807, 2.05) is 36.1 Å². The number of nitrogens with zero attached hydrogens (tertiary/aromatic N) is 4. The van der Waals surface area contributed by atoms with Crippen molar-refractivity contribution in [3.63, 3.8) is 0 Å². The van der Waals surface area contributed by atoms with Gasteiger partial charge in [-0.2, -0.15) is 5.10 Å². The molecule has 1 fully saturated rings. The number of carbonyl (C=O) groups is 1. The molecule has 24 heavy (non-hydrogen) atoms. The number of halogens is 1. The number of β-amino-alcohol motifs (C(OH)–C–C–N with tert-alkyl or cyclic N) is 1. The molecular weight excluding hydrogens is 328 g/mol. The lowest BCUT2D eigenvalue weighted by Crippen LogP contribution is -2.49. The lowest BCUT2D eigenvalue weighted by atomic mass is 10.2. The van der Waals surface area contributed by atoms with E-state index in [1.54, 1.807) is 10.9 Å². The van der Waals surface area contributed by atoms with Crippen LogP contribution in [-0.2, 0) is 0 Å². The van der Waals surface area contributed by atoms with Crippen molar-refractivity contribution in [1.29, 1.82) is 0 Å². The molecule has 1 aromatic heterocycles. The normalized spacial score (nSPS) is 15.7. The van der Waals surface area contributed by atoms with Gasteiger partial charge in [0.05, 0.1) is 29.7 Å². The minimum atomic E-state index is 0.00410. The molecule has 7 heteroatoms. The standard InChI is InChI=1S/C17H21ClN4O2/c1-13-16(12-19-22(13)15-4-2-3-14(18)11-15)17(24)21-7-5-20(6-8-21)9-10-23/h2-4,11-12,23H,5-10H2,1H3. The lowest BCUT2D eigenvalue weighted by molar-refractivity contribution is 0.0614. The second kappa shape index (κ2) is 7.34. The summed E-state index contributed by atoms with van der Waals surface area (Å²) >= 11 is 6.04. The highest BCUT2D eigenvalue weighted by atomic mass is 35.5. The number of hydrogen-bond acceptors (Lipinski definition) is 4. The van der Waals surface area contributed by atoms with Crippen LogP contribution in [0.3, 0.4) is 0 Å². The fourth-order valence-corrected chi connectivity index (χ4v) is 3.16. The van der Waals surface area contributed by atoms with E-state index in [0.717, 1.165) is 24.5 Å². The molecule has 0 atom stereocenters. The first-order valence-corrected chi connectivity index (χ1v) is 8.41. The van der Waals surface area contributed by atoms with Crippen LogP contribution in [0.1, 0.15) is 16.1 Å². The third-order valence-corrected chi connectivity index (χ3v) is 4.60. The van der Waals surface area contributed by atoms with Gasteiger partial charge in [-0.25, -0.2) is 4.68 Å². The molecule has 2 aromatic rings. The van der Waals surface area contributed by atoms with Gasteiger partial charge in [-0.1, -0.05) is 17.7 Å². The van der Waals surface area contributed by atoms with Crippen molar-refractivity contribution in [2.45, 2.75) is 6.92 Å². The highest BCUT2D eigenvalue weighted by Crippen LogP contribution is 2.19. The van der Waals surface area contributed by atoms with Crippen LogP contribution in [-0.4, -0.2) is 69.9 Å². The van der Waals surface area contributed by atoms with Crippen LogP contribution in [0, 0.1) is 6.92 Å². The quantitative estimate of drug-likeness (QED) is 0.911. The Labute approximate surface area is 146 Å². The molecule has 0 saturated carbocycles. The Bertz CT molecular complexity index is 723. The molecule has 0 aliphatic carbocycles. The molecule has 0 spiro atoms. The average Bonchev–Trinajstić information content (AvgIpc) is 2.97. The zero-order valence-electron chi connectivity index (χ0n) is 13.7. The van der Waals surface area contributed by atoms with Crippen molar-refractivity contribution in [2.75, 3.05) is 39.3 Å². The monoisotopic (exact) mass is 348 g/mol. The molecule has 0 unspecified atom stereocenters. The fourth-order valence-electron chi connectivity index (χ4n) is 2.97. The summed E-state index contributed by atoms with van der Waals surface area (Å²) in [6.45, 7) is 5.61. The second-order valence-electron chi connectivity index (χ2n) is 5.89. The highest BCUT2D eigenvalue weighted by Gasteiger charge is 2.24. The van der Waals surface area contributed by atoms with Gasteiger partial charge in [0.2, 0.25) is 0 Å². The number of aliphatic hydroxyl groups is 1. The van der Waals surface area contributed by atoms with Gasteiger partial charge in [0, 0.05) is 37.7 Å². The average molecular weight is 349 g/mol. The van der Waals surface area contributed by atoms with E-state index >= 15 is 0 Å². The highest BCUT2D eigenvalue weighted by molar-refractivity contribution is 6.30. The third-order valence-electron chi connectivity index (χ3n) is 4.37. The SMILES string of the molecule is Cc1c(C(=O)N2CCN(CCO)CC2)cnn1-c1cccc(Cl)c1. The molecule has 2 heterocycles. The molecule has 1 aliphatic rings. The molecule has 1 N–H and O–H groups in total. The van der Waals surface area contributed by atoms with Gasteiger partial charge in [-0.15, -0.1) is 0 Å². The molecule has 1 aromatic carbocycles. The van der Waals surface area contributed by atoms with Crippen LogP contribution in [0.2, 0.25) is 5.02 Å². The Morgan fingerprint density at radius 3 is 2.71 bits per heavy atom. The largest absolute Gasteiger partial charge is 0.395 e. The number of hydrogen-bond donors (Lipinski definition) is 1. The summed E-state index contributed by atoms with van der Waals surface area (Å²) in [7, 11) is 0. The Kier molecular flexibility index (Phi) is 5.18. The number of aromatic nitrogens is 2. The van der Waals surface area contributed by atoms with Gasteiger partial charge < -0.3 is 10.0 Å². The Morgan fingerprint density at radius 2 is 2.04 bits per heavy atom. The van der Waals surface area contributed by atoms with Crippen LogP contribution in [0.4, 0.5) is 0 Å². The van der Waals surface area contributed by atoms with Crippen LogP contribution in [0.25, 0.3) is 5.69 Å². The Hall–Kier alpha value is -1.89. The Balaban J connectivity index is 1.75. The summed E-state index contributed by atoms with van der Waals surface area (Å²) in [6, 6.07) is 7.40. The maximum absolute atomic E-state index is 12.8. The second-order valence-corrected chi connectivity index (χ2v) is 6.33. The van der Waals surface area contributed by atoms with Crippen LogP contribution < -0.4 is 0 Å². The molecule has 0 radical (unpaired) electrons. The van der Waals surface area contributed by atoms with E-state index in [9.17, 15) is 4.79 Å². The summed E-state index contributed by atoms with van der Waals surface area (Å²) in [5.74, 6) is 0.00410. The lowest BCUT2D eigenvalue weighted by Gasteiger charge is -2.34. The van der Waals surface area contributed by atoms with Crippen molar-refractivity contribution in [1.82, 2.24) is 19.6 Å². The predicted molar refractivity (Wildman–Crippen MR) is 92.7 cm³/mol. The van der Waals surface area contributed by atoms with E-state index in [1.165, 1.54) is 0 Å². The van der Waals surface area contributed by atoms with E-state index in [4.69, 9.17) is 16.7 Å². The molecule has 0 bridgehead atoms. The predicted octanol–water partition coefficient (Wildman–Crippen LogP) is 1.58. The number of benzene rings is 1. The van der Waals surface area contributed by atoms with Gasteiger partial charge in [0.25, 0.3) is 5.91 Å². The van der Waals surface area contributed by atoms with Crippen LogP contribution >= 0.6 is 11.6 Å². The van der Waals surface area contributed by atoms with Gasteiger partial charge in [-0.05, 0) is 25.1 Å². The first-order chi connectivity index (χ1) is 11.6. The summed E-state index contributed by atoms with van der Waals surface area (Å²) in [4.78, 5) is 16.8. The molecule has 1 amide bonds. The smallest absolute Gasteiger partial charge is 0.257 e. The van der Waals surface area contributed by atoms with Gasteiger partial charge in [-0.3, -0.25) is 9.69 Å². The first kappa shape index (κ1) is 17.0. The van der Waals surface area contributed by atoms with Gasteiger partial charge in [0.15, 0.2) is 0 Å².